The zero-order chi connectivity index (χ0) is 16.9. The molecule has 25 heavy (non-hydrogen) atoms. The van der Waals surface area contributed by atoms with E-state index >= 15 is 0 Å². The van der Waals surface area contributed by atoms with Crippen LogP contribution < -0.4 is 10.2 Å². The third kappa shape index (κ3) is 3.88. The third-order valence-corrected chi connectivity index (χ3v) is 4.75. The first-order valence-corrected chi connectivity index (χ1v) is 8.99. The number of hydrogen-bond donors (Lipinski definition) is 1. The highest BCUT2D eigenvalue weighted by Gasteiger charge is 2.19. The van der Waals surface area contributed by atoms with Gasteiger partial charge in [0.2, 0.25) is 5.95 Å². The molecule has 3 heterocycles. The third-order valence-electron chi connectivity index (χ3n) is 4.75. The van der Waals surface area contributed by atoms with Crippen molar-refractivity contribution >= 4 is 17.5 Å². The molecule has 1 N–H and O–H groups in total. The maximum absolute atomic E-state index is 5.37. The van der Waals surface area contributed by atoms with Crippen LogP contribution in [0.4, 0.5) is 17.5 Å². The summed E-state index contributed by atoms with van der Waals surface area (Å²) in [6, 6.07) is 8.52. The van der Waals surface area contributed by atoms with Gasteiger partial charge in [0.25, 0.3) is 0 Å². The van der Waals surface area contributed by atoms with E-state index < -0.39 is 0 Å². The predicted octanol–water partition coefficient (Wildman–Crippen LogP) is 1.70. The molecular formula is C18H24N6O. The van der Waals surface area contributed by atoms with Gasteiger partial charge in [-0.25, -0.2) is 0 Å². The summed E-state index contributed by atoms with van der Waals surface area (Å²) in [6.45, 7) is 6.36. The maximum atomic E-state index is 5.37. The number of para-hydroxylation sites is 1. The number of nitrogens with zero attached hydrogens (tertiary/aromatic N) is 5. The molecule has 2 aliphatic heterocycles. The van der Waals surface area contributed by atoms with E-state index in [0.29, 0.717) is 5.95 Å². The van der Waals surface area contributed by atoms with Gasteiger partial charge in [-0.1, -0.05) is 18.2 Å². The first-order valence-electron chi connectivity index (χ1n) is 8.99. The fourth-order valence-electron chi connectivity index (χ4n) is 3.42. The average Bonchev–Trinajstić information content (AvgIpc) is 2.69. The van der Waals surface area contributed by atoms with Gasteiger partial charge in [0.05, 0.1) is 19.4 Å². The molecule has 132 valence electrons. The zero-order valence-corrected chi connectivity index (χ0v) is 14.4. The Morgan fingerprint density at radius 1 is 1.12 bits per heavy atom. The van der Waals surface area contributed by atoms with Crippen LogP contribution in [0, 0.1) is 0 Å². The van der Waals surface area contributed by atoms with E-state index in [1.807, 2.05) is 0 Å². The van der Waals surface area contributed by atoms with E-state index in [9.17, 15) is 0 Å². The van der Waals surface area contributed by atoms with Gasteiger partial charge >= 0.3 is 0 Å². The van der Waals surface area contributed by atoms with Gasteiger partial charge in [-0.3, -0.25) is 4.90 Å². The van der Waals surface area contributed by atoms with Crippen LogP contribution in [-0.4, -0.2) is 66.0 Å². The fraction of sp³-hybridized carbons (Fsp3) is 0.500. The number of ether oxygens (including phenoxy) is 1. The van der Waals surface area contributed by atoms with Crippen LogP contribution in [0.1, 0.15) is 12.0 Å². The quantitative estimate of drug-likeness (QED) is 0.888. The molecule has 2 aliphatic rings. The van der Waals surface area contributed by atoms with Gasteiger partial charge in [0.15, 0.2) is 5.82 Å². The number of hydrogen-bond acceptors (Lipinski definition) is 7. The number of benzene rings is 1. The summed E-state index contributed by atoms with van der Waals surface area (Å²) < 4.78 is 5.37. The summed E-state index contributed by atoms with van der Waals surface area (Å²) in [5, 5.41) is 11.6. The van der Waals surface area contributed by atoms with E-state index in [0.717, 1.165) is 64.6 Å². The molecule has 4 rings (SSSR count). The molecule has 1 aromatic carbocycles. The van der Waals surface area contributed by atoms with Crippen molar-refractivity contribution in [2.24, 2.45) is 0 Å². The molecule has 0 spiro atoms. The monoisotopic (exact) mass is 340 g/mol. The summed E-state index contributed by atoms with van der Waals surface area (Å²) in [4.78, 5) is 9.30. The number of morpholine rings is 1. The van der Waals surface area contributed by atoms with E-state index in [4.69, 9.17) is 4.74 Å². The Morgan fingerprint density at radius 2 is 2.00 bits per heavy atom. The zero-order valence-electron chi connectivity index (χ0n) is 14.4. The number of rotatable bonds is 5. The summed E-state index contributed by atoms with van der Waals surface area (Å²) in [5.41, 5.74) is 2.60. The fourth-order valence-corrected chi connectivity index (χ4v) is 3.42. The lowest BCUT2D eigenvalue weighted by molar-refractivity contribution is 0.0398. The Kier molecular flexibility index (Phi) is 5.03. The minimum absolute atomic E-state index is 0.591. The predicted molar refractivity (Wildman–Crippen MR) is 97.3 cm³/mol. The van der Waals surface area contributed by atoms with Gasteiger partial charge in [0.1, 0.15) is 0 Å². The molecule has 1 saturated heterocycles. The lowest BCUT2D eigenvalue weighted by atomic mass is 10.0. The maximum Gasteiger partial charge on any atom is 0.244 e. The summed E-state index contributed by atoms with van der Waals surface area (Å²) in [7, 11) is 0. The molecule has 1 fully saturated rings. The second-order valence-corrected chi connectivity index (χ2v) is 6.40. The molecule has 0 radical (unpaired) electrons. The van der Waals surface area contributed by atoms with Crippen LogP contribution >= 0.6 is 0 Å². The van der Waals surface area contributed by atoms with E-state index in [1.165, 1.54) is 11.3 Å². The van der Waals surface area contributed by atoms with Crippen molar-refractivity contribution in [1.29, 1.82) is 0 Å². The molecule has 0 unspecified atom stereocenters. The standard InChI is InChI=1S/C18H24N6O/c1-2-6-16-15(4-1)5-3-8-24(16)17-14-20-22-18(21-17)19-7-9-23-10-12-25-13-11-23/h1-2,4,6,14H,3,5,7-13H2,(H,19,21,22). The molecular weight excluding hydrogens is 316 g/mol. The summed E-state index contributed by atoms with van der Waals surface area (Å²) >= 11 is 0. The van der Waals surface area contributed by atoms with Crippen LogP contribution in [-0.2, 0) is 11.2 Å². The van der Waals surface area contributed by atoms with Crippen molar-refractivity contribution in [1.82, 2.24) is 20.1 Å². The molecule has 7 heteroatoms. The molecule has 0 saturated carbocycles. The lowest BCUT2D eigenvalue weighted by Crippen LogP contribution is -2.39. The van der Waals surface area contributed by atoms with Crippen LogP contribution in [0.15, 0.2) is 30.5 Å². The van der Waals surface area contributed by atoms with Crippen LogP contribution in [0.2, 0.25) is 0 Å². The van der Waals surface area contributed by atoms with Gasteiger partial charge in [-0.2, -0.15) is 10.1 Å². The van der Waals surface area contributed by atoms with Crippen LogP contribution in [0.5, 0.6) is 0 Å². The van der Waals surface area contributed by atoms with Crippen molar-refractivity contribution in [3.8, 4) is 0 Å². The summed E-state index contributed by atoms with van der Waals surface area (Å²) in [5.74, 6) is 1.45. The number of anilines is 3. The Morgan fingerprint density at radius 3 is 2.92 bits per heavy atom. The Balaban J connectivity index is 1.41. The molecule has 0 aliphatic carbocycles. The smallest absolute Gasteiger partial charge is 0.244 e. The SMILES string of the molecule is c1ccc2c(c1)CCCN2c1cnnc(NCCN2CCOCC2)n1. The topological polar surface area (TPSA) is 66.4 Å². The van der Waals surface area contributed by atoms with E-state index in [1.54, 1.807) is 6.20 Å². The van der Waals surface area contributed by atoms with E-state index in [2.05, 4.69) is 54.6 Å². The molecule has 0 bridgehead atoms. The van der Waals surface area contributed by atoms with Gasteiger partial charge in [-0.05, 0) is 24.5 Å². The van der Waals surface area contributed by atoms with Gasteiger partial charge in [-0.15, -0.1) is 5.10 Å². The van der Waals surface area contributed by atoms with Gasteiger partial charge in [0, 0.05) is 38.4 Å². The number of fused-ring (bicyclic) bond motifs is 1. The van der Waals surface area contributed by atoms with Crippen LogP contribution in [0.25, 0.3) is 0 Å². The molecule has 7 nitrogen and oxygen atoms in total. The van der Waals surface area contributed by atoms with Crippen molar-refractivity contribution in [2.75, 3.05) is 56.2 Å². The molecule has 0 atom stereocenters. The number of aromatic nitrogens is 3. The Labute approximate surface area is 148 Å². The van der Waals surface area contributed by atoms with E-state index in [-0.39, 0.29) is 0 Å². The number of nitrogens with one attached hydrogen (secondary N) is 1. The van der Waals surface area contributed by atoms with Crippen molar-refractivity contribution in [3.63, 3.8) is 0 Å². The highest BCUT2D eigenvalue weighted by Crippen LogP contribution is 2.31. The van der Waals surface area contributed by atoms with Crippen molar-refractivity contribution in [2.45, 2.75) is 12.8 Å². The molecule has 0 amide bonds. The minimum Gasteiger partial charge on any atom is -0.379 e. The highest BCUT2D eigenvalue weighted by molar-refractivity contribution is 5.65. The molecule has 2 aromatic rings. The van der Waals surface area contributed by atoms with Gasteiger partial charge < -0.3 is 15.0 Å². The lowest BCUT2D eigenvalue weighted by Gasteiger charge is -2.30. The number of aryl methyl sites for hydroxylation is 1. The average molecular weight is 340 g/mol. The normalized spacial score (nSPS) is 18.0. The Hall–Kier alpha value is -2.25. The minimum atomic E-state index is 0.591. The van der Waals surface area contributed by atoms with Crippen LogP contribution in [0.3, 0.4) is 0 Å². The highest BCUT2D eigenvalue weighted by atomic mass is 16.5. The largest absolute Gasteiger partial charge is 0.379 e. The molecule has 1 aromatic heterocycles. The summed E-state index contributed by atoms with van der Waals surface area (Å²) in [6.07, 6.45) is 3.99. The Bertz CT molecular complexity index is 703. The first-order chi connectivity index (χ1) is 12.4. The van der Waals surface area contributed by atoms with Crippen molar-refractivity contribution in [3.05, 3.63) is 36.0 Å². The first kappa shape index (κ1) is 16.2. The van der Waals surface area contributed by atoms with Crippen molar-refractivity contribution < 1.29 is 4.74 Å². The second-order valence-electron chi connectivity index (χ2n) is 6.40. The second kappa shape index (κ2) is 7.76.